The van der Waals surface area contributed by atoms with Crippen molar-refractivity contribution in [2.24, 2.45) is 0 Å². The lowest BCUT2D eigenvalue weighted by Gasteiger charge is -2.13. The molecule has 3 heteroatoms. The number of nitrogens with one attached hydrogen (secondary N) is 1. The molecule has 1 aromatic heterocycles. The van der Waals surface area contributed by atoms with Crippen molar-refractivity contribution in [2.45, 2.75) is 19.4 Å². The minimum Gasteiger partial charge on any atom is -0.310 e. The summed E-state index contributed by atoms with van der Waals surface area (Å²) < 4.78 is 1.91. The summed E-state index contributed by atoms with van der Waals surface area (Å²) in [4.78, 5) is 0. The van der Waals surface area contributed by atoms with Crippen molar-refractivity contribution < 1.29 is 0 Å². The van der Waals surface area contributed by atoms with Crippen molar-refractivity contribution in [3.05, 3.63) is 60.9 Å². The Kier molecular flexibility index (Phi) is 4.31. The second-order valence-electron chi connectivity index (χ2n) is 4.19. The Balaban J connectivity index is 2.21. The molecule has 1 heterocycles. The van der Waals surface area contributed by atoms with Gasteiger partial charge >= 0.3 is 0 Å². The van der Waals surface area contributed by atoms with Gasteiger partial charge in [0.1, 0.15) is 0 Å². The molecular weight excluding hydrogens is 222 g/mol. The van der Waals surface area contributed by atoms with E-state index < -0.39 is 0 Å². The Morgan fingerprint density at radius 2 is 2.17 bits per heavy atom. The molecule has 0 radical (unpaired) electrons. The van der Waals surface area contributed by atoms with Gasteiger partial charge in [-0.15, -0.1) is 6.58 Å². The number of aromatic nitrogens is 2. The highest BCUT2D eigenvalue weighted by molar-refractivity contribution is 5.31. The molecule has 2 rings (SSSR count). The van der Waals surface area contributed by atoms with Crippen LogP contribution >= 0.6 is 0 Å². The molecule has 94 valence electrons. The maximum absolute atomic E-state index is 4.41. The maximum atomic E-state index is 4.41. The maximum Gasteiger partial charge on any atom is 0.0645 e. The zero-order chi connectivity index (χ0) is 12.8. The van der Waals surface area contributed by atoms with Crippen LogP contribution in [0.4, 0.5) is 0 Å². The van der Waals surface area contributed by atoms with E-state index in [0.717, 1.165) is 18.7 Å². The first-order valence-corrected chi connectivity index (χ1v) is 6.29. The summed E-state index contributed by atoms with van der Waals surface area (Å²) >= 11 is 0. The Labute approximate surface area is 108 Å². The van der Waals surface area contributed by atoms with E-state index in [2.05, 4.69) is 30.1 Å². The van der Waals surface area contributed by atoms with Crippen LogP contribution in [0, 0.1) is 0 Å². The molecule has 2 aromatic rings. The number of para-hydroxylation sites is 1. The first-order valence-electron chi connectivity index (χ1n) is 6.29. The smallest absolute Gasteiger partial charge is 0.0645 e. The van der Waals surface area contributed by atoms with Crippen LogP contribution in [-0.4, -0.2) is 16.3 Å². The van der Waals surface area contributed by atoms with E-state index in [1.807, 2.05) is 47.3 Å². The molecule has 0 saturated heterocycles. The van der Waals surface area contributed by atoms with E-state index in [1.54, 1.807) is 0 Å². The molecule has 0 aliphatic rings. The molecule has 1 atom stereocenters. The Morgan fingerprint density at radius 1 is 1.39 bits per heavy atom. The topological polar surface area (TPSA) is 29.9 Å². The van der Waals surface area contributed by atoms with Gasteiger partial charge in [0.25, 0.3) is 0 Å². The first kappa shape index (κ1) is 12.6. The summed E-state index contributed by atoms with van der Waals surface area (Å²) in [6, 6.07) is 10.4. The van der Waals surface area contributed by atoms with Gasteiger partial charge in [-0.2, -0.15) is 5.10 Å². The lowest BCUT2D eigenvalue weighted by Crippen LogP contribution is -2.19. The van der Waals surface area contributed by atoms with Gasteiger partial charge in [0, 0.05) is 17.8 Å². The Bertz CT molecular complexity index is 487. The van der Waals surface area contributed by atoms with E-state index in [1.165, 1.54) is 5.56 Å². The van der Waals surface area contributed by atoms with Crippen molar-refractivity contribution in [1.82, 2.24) is 15.1 Å². The van der Waals surface area contributed by atoms with E-state index in [0.29, 0.717) is 6.04 Å². The van der Waals surface area contributed by atoms with Gasteiger partial charge in [0.15, 0.2) is 0 Å². The summed E-state index contributed by atoms with van der Waals surface area (Å²) in [6.07, 6.45) is 6.84. The van der Waals surface area contributed by atoms with Crippen LogP contribution in [0.5, 0.6) is 0 Å². The predicted octanol–water partition coefficient (Wildman–Crippen LogP) is 3.10. The van der Waals surface area contributed by atoms with Gasteiger partial charge in [-0.3, -0.25) is 0 Å². The summed E-state index contributed by atoms with van der Waals surface area (Å²) in [5.74, 6) is 0. The number of hydrogen-bond donors (Lipinski definition) is 1. The molecule has 18 heavy (non-hydrogen) atoms. The summed E-state index contributed by atoms with van der Waals surface area (Å²) in [5, 5.41) is 7.85. The second-order valence-corrected chi connectivity index (χ2v) is 4.19. The third kappa shape index (κ3) is 2.87. The molecule has 1 unspecified atom stereocenters. The first-order chi connectivity index (χ1) is 8.85. The average Bonchev–Trinajstić information content (AvgIpc) is 2.89. The largest absolute Gasteiger partial charge is 0.310 e. The molecule has 0 aliphatic carbocycles. The van der Waals surface area contributed by atoms with Crippen LogP contribution in [0.15, 0.2) is 55.4 Å². The van der Waals surface area contributed by atoms with Crippen molar-refractivity contribution >= 4 is 0 Å². The summed E-state index contributed by atoms with van der Waals surface area (Å²) in [6.45, 7) is 6.85. The van der Waals surface area contributed by atoms with E-state index in [-0.39, 0.29) is 0 Å². The summed E-state index contributed by atoms with van der Waals surface area (Å²) in [5.41, 5.74) is 2.28. The number of rotatable bonds is 6. The molecule has 0 bridgehead atoms. The predicted molar refractivity (Wildman–Crippen MR) is 74.8 cm³/mol. The standard InChI is InChI=1S/C15H19N3/c1-3-8-15(16-4-2)13-11-17-18(12-13)14-9-6-5-7-10-14/h3,5-7,9-12,15-16H,1,4,8H2,2H3. The molecule has 1 aromatic carbocycles. The van der Waals surface area contributed by atoms with Gasteiger partial charge in [-0.1, -0.05) is 31.2 Å². The SMILES string of the molecule is C=CCC(NCC)c1cnn(-c2ccccc2)c1. The third-order valence-corrected chi connectivity index (χ3v) is 2.88. The van der Waals surface area contributed by atoms with Crippen LogP contribution in [0.2, 0.25) is 0 Å². The highest BCUT2D eigenvalue weighted by Crippen LogP contribution is 2.18. The molecule has 0 saturated carbocycles. The van der Waals surface area contributed by atoms with Crippen LogP contribution in [0.25, 0.3) is 5.69 Å². The third-order valence-electron chi connectivity index (χ3n) is 2.88. The zero-order valence-electron chi connectivity index (χ0n) is 10.7. The number of nitrogens with zero attached hydrogens (tertiary/aromatic N) is 2. The molecule has 0 spiro atoms. The Hall–Kier alpha value is -1.87. The van der Waals surface area contributed by atoms with Gasteiger partial charge in [0.05, 0.1) is 11.9 Å². The van der Waals surface area contributed by atoms with Crippen LogP contribution < -0.4 is 5.32 Å². The van der Waals surface area contributed by atoms with Crippen LogP contribution in [0.1, 0.15) is 24.9 Å². The van der Waals surface area contributed by atoms with Gasteiger partial charge in [-0.05, 0) is 25.1 Å². The average molecular weight is 241 g/mol. The van der Waals surface area contributed by atoms with Gasteiger partial charge in [-0.25, -0.2) is 4.68 Å². The Morgan fingerprint density at radius 3 is 2.83 bits per heavy atom. The lowest BCUT2D eigenvalue weighted by atomic mass is 10.1. The van der Waals surface area contributed by atoms with E-state index in [4.69, 9.17) is 0 Å². The molecule has 3 nitrogen and oxygen atoms in total. The van der Waals surface area contributed by atoms with E-state index >= 15 is 0 Å². The quantitative estimate of drug-likeness (QED) is 0.788. The minimum absolute atomic E-state index is 0.296. The number of hydrogen-bond acceptors (Lipinski definition) is 2. The monoisotopic (exact) mass is 241 g/mol. The normalized spacial score (nSPS) is 12.3. The van der Waals surface area contributed by atoms with Crippen LogP contribution in [-0.2, 0) is 0 Å². The highest BCUT2D eigenvalue weighted by Gasteiger charge is 2.11. The van der Waals surface area contributed by atoms with Crippen molar-refractivity contribution in [3.8, 4) is 5.69 Å². The molecule has 0 amide bonds. The van der Waals surface area contributed by atoms with Crippen molar-refractivity contribution in [2.75, 3.05) is 6.54 Å². The van der Waals surface area contributed by atoms with Crippen LogP contribution in [0.3, 0.4) is 0 Å². The van der Waals surface area contributed by atoms with Crippen molar-refractivity contribution in [3.63, 3.8) is 0 Å². The molecule has 0 aliphatic heterocycles. The van der Waals surface area contributed by atoms with Gasteiger partial charge in [0.2, 0.25) is 0 Å². The fourth-order valence-corrected chi connectivity index (χ4v) is 1.99. The molecule has 1 N–H and O–H groups in total. The lowest BCUT2D eigenvalue weighted by molar-refractivity contribution is 0.559. The fourth-order valence-electron chi connectivity index (χ4n) is 1.99. The second kappa shape index (κ2) is 6.17. The summed E-state index contributed by atoms with van der Waals surface area (Å²) in [7, 11) is 0. The molecule has 0 fully saturated rings. The fraction of sp³-hybridized carbons (Fsp3) is 0.267. The molecular formula is C15H19N3. The van der Waals surface area contributed by atoms with E-state index in [9.17, 15) is 0 Å². The zero-order valence-corrected chi connectivity index (χ0v) is 10.7. The van der Waals surface area contributed by atoms with Gasteiger partial charge < -0.3 is 5.32 Å². The highest BCUT2D eigenvalue weighted by atomic mass is 15.3. The minimum atomic E-state index is 0.296. The van der Waals surface area contributed by atoms with Crippen molar-refractivity contribution in [1.29, 1.82) is 0 Å². The number of benzene rings is 1.